The average molecular weight is 423 g/mol. The molecule has 0 aliphatic heterocycles. The van der Waals surface area contributed by atoms with E-state index in [1.54, 1.807) is 0 Å². The minimum absolute atomic E-state index is 0.207. The van der Waals surface area contributed by atoms with Crippen molar-refractivity contribution in [1.82, 2.24) is 14.4 Å². The molecule has 0 bridgehead atoms. The van der Waals surface area contributed by atoms with Crippen molar-refractivity contribution in [3.8, 4) is 0 Å². The molecule has 0 unspecified atom stereocenters. The van der Waals surface area contributed by atoms with Crippen LogP contribution in [-0.4, -0.2) is 20.3 Å². The van der Waals surface area contributed by atoms with E-state index in [2.05, 4.69) is 55.1 Å². The molecule has 0 aliphatic rings. The molecule has 29 heavy (non-hydrogen) atoms. The van der Waals surface area contributed by atoms with Crippen molar-refractivity contribution in [2.24, 2.45) is 0 Å². The molecule has 4 rings (SSSR count). The van der Waals surface area contributed by atoms with Gasteiger partial charge in [-0.15, -0.1) is 22.7 Å². The summed E-state index contributed by atoms with van der Waals surface area (Å²) in [5.41, 5.74) is 5.73. The number of nitrogens with zero attached hydrogens (tertiary/aromatic N) is 3. The quantitative estimate of drug-likeness (QED) is 0.428. The van der Waals surface area contributed by atoms with Gasteiger partial charge in [0.1, 0.15) is 5.69 Å². The molecule has 4 aromatic rings. The number of thiazole rings is 2. The van der Waals surface area contributed by atoms with Gasteiger partial charge < -0.3 is 0 Å². The van der Waals surface area contributed by atoms with Gasteiger partial charge in [-0.05, 0) is 42.5 Å². The lowest BCUT2D eigenvalue weighted by Gasteiger charge is -2.04. The second-order valence-electron chi connectivity index (χ2n) is 7.21. The molecule has 7 heteroatoms. The fourth-order valence-corrected chi connectivity index (χ4v) is 4.62. The van der Waals surface area contributed by atoms with Crippen molar-refractivity contribution in [3.05, 3.63) is 68.9 Å². The van der Waals surface area contributed by atoms with Crippen LogP contribution < -0.4 is 5.32 Å². The van der Waals surface area contributed by atoms with E-state index in [1.165, 1.54) is 33.8 Å². The van der Waals surface area contributed by atoms with E-state index < -0.39 is 0 Å². The van der Waals surface area contributed by atoms with Gasteiger partial charge in [-0.1, -0.05) is 38.1 Å². The first-order chi connectivity index (χ1) is 13.9. The van der Waals surface area contributed by atoms with Crippen molar-refractivity contribution in [1.29, 1.82) is 0 Å². The molecule has 1 amide bonds. The number of rotatable bonds is 5. The van der Waals surface area contributed by atoms with Crippen LogP contribution in [0.3, 0.4) is 0 Å². The van der Waals surface area contributed by atoms with Crippen molar-refractivity contribution in [3.63, 3.8) is 0 Å². The Morgan fingerprint density at radius 1 is 1.17 bits per heavy atom. The maximum atomic E-state index is 13.1. The lowest BCUT2D eigenvalue weighted by atomic mass is 10.0. The Hall–Kier alpha value is -2.77. The number of fused-ring (bicyclic) bond motifs is 1. The number of aromatic nitrogens is 3. The van der Waals surface area contributed by atoms with Gasteiger partial charge in [-0.2, -0.15) is 0 Å². The van der Waals surface area contributed by atoms with Crippen molar-refractivity contribution >= 4 is 50.8 Å². The van der Waals surface area contributed by atoms with E-state index in [-0.39, 0.29) is 5.91 Å². The molecule has 0 saturated carbocycles. The van der Waals surface area contributed by atoms with E-state index in [0.29, 0.717) is 22.4 Å². The van der Waals surface area contributed by atoms with Gasteiger partial charge in [0, 0.05) is 17.0 Å². The topological polar surface area (TPSA) is 59.3 Å². The summed E-state index contributed by atoms with van der Waals surface area (Å²) < 4.78 is 1.83. The first kappa shape index (κ1) is 19.5. The van der Waals surface area contributed by atoms with Gasteiger partial charge in [0.15, 0.2) is 10.1 Å². The van der Waals surface area contributed by atoms with Gasteiger partial charge >= 0.3 is 0 Å². The van der Waals surface area contributed by atoms with Crippen molar-refractivity contribution < 1.29 is 4.79 Å². The molecule has 0 aliphatic carbocycles. The Kier molecular flexibility index (Phi) is 5.34. The number of amides is 1. The Bertz CT molecular complexity index is 1210. The van der Waals surface area contributed by atoms with Crippen LogP contribution in [-0.2, 0) is 0 Å². The summed E-state index contributed by atoms with van der Waals surface area (Å²) in [6.07, 6.45) is 5.81. The SMILES string of the molecule is Cc1cccc(C=Cc2nc3sccn3c2C(=O)Nc2nc(C(C)C)cs2)c1C. The molecule has 1 aromatic carbocycles. The maximum absolute atomic E-state index is 13.1. The van der Waals surface area contributed by atoms with Gasteiger partial charge in [0.25, 0.3) is 5.91 Å². The number of imidazole rings is 1. The summed E-state index contributed by atoms with van der Waals surface area (Å²) in [6.45, 7) is 8.37. The smallest absolute Gasteiger partial charge is 0.276 e. The Morgan fingerprint density at radius 3 is 2.76 bits per heavy atom. The molecule has 0 atom stereocenters. The third-order valence-electron chi connectivity index (χ3n) is 4.91. The van der Waals surface area contributed by atoms with Crippen LogP contribution in [0.5, 0.6) is 0 Å². The number of anilines is 1. The molecular weight excluding hydrogens is 400 g/mol. The second-order valence-corrected chi connectivity index (χ2v) is 8.94. The first-order valence-corrected chi connectivity index (χ1v) is 11.2. The highest BCUT2D eigenvalue weighted by molar-refractivity contribution is 7.15. The van der Waals surface area contributed by atoms with E-state index in [1.807, 2.05) is 39.6 Å². The Balaban J connectivity index is 1.68. The summed E-state index contributed by atoms with van der Waals surface area (Å²) in [5.74, 6) is 0.118. The molecule has 0 fully saturated rings. The summed E-state index contributed by atoms with van der Waals surface area (Å²) >= 11 is 2.95. The van der Waals surface area contributed by atoms with Gasteiger partial charge in [0.05, 0.1) is 11.4 Å². The van der Waals surface area contributed by atoms with Gasteiger partial charge in [0.2, 0.25) is 0 Å². The number of hydrogen-bond donors (Lipinski definition) is 1. The molecule has 3 heterocycles. The largest absolute Gasteiger partial charge is 0.296 e. The summed E-state index contributed by atoms with van der Waals surface area (Å²) in [4.78, 5) is 23.0. The zero-order valence-electron chi connectivity index (χ0n) is 16.8. The summed E-state index contributed by atoms with van der Waals surface area (Å²) in [6, 6.07) is 6.20. The number of hydrogen-bond acceptors (Lipinski definition) is 5. The van der Waals surface area contributed by atoms with E-state index in [9.17, 15) is 4.79 Å². The molecule has 5 nitrogen and oxygen atoms in total. The second kappa shape index (κ2) is 7.93. The minimum atomic E-state index is -0.207. The highest BCUT2D eigenvalue weighted by Gasteiger charge is 2.20. The van der Waals surface area contributed by atoms with Crippen LogP contribution in [0.4, 0.5) is 5.13 Å². The Morgan fingerprint density at radius 2 is 2.00 bits per heavy atom. The maximum Gasteiger partial charge on any atom is 0.276 e. The molecule has 148 valence electrons. The minimum Gasteiger partial charge on any atom is -0.296 e. The molecule has 1 N–H and O–H groups in total. The standard InChI is InChI=1S/C22H22N4OS2/c1-13(2)18-12-29-21(23-18)25-20(27)19-17(24-22-26(19)10-11-28-22)9-8-16-7-5-6-14(3)15(16)4/h5-13H,1-4H3,(H,23,25,27). The third-order valence-corrected chi connectivity index (χ3v) is 6.44. The fraction of sp³-hybridized carbons (Fsp3) is 0.227. The average Bonchev–Trinajstić information content (AvgIpc) is 3.38. The predicted molar refractivity (Wildman–Crippen MR) is 122 cm³/mol. The van der Waals surface area contributed by atoms with Gasteiger partial charge in [-0.3, -0.25) is 14.5 Å². The van der Waals surface area contributed by atoms with Crippen LogP contribution in [0.2, 0.25) is 0 Å². The molecule has 0 spiro atoms. The summed E-state index contributed by atoms with van der Waals surface area (Å²) in [7, 11) is 0. The third kappa shape index (κ3) is 3.88. The molecular formula is C22H22N4OS2. The van der Waals surface area contributed by atoms with Crippen LogP contribution in [0.1, 0.15) is 58.3 Å². The van der Waals surface area contributed by atoms with E-state index >= 15 is 0 Å². The monoisotopic (exact) mass is 422 g/mol. The Labute approximate surface area is 177 Å². The van der Waals surface area contributed by atoms with Crippen molar-refractivity contribution in [2.45, 2.75) is 33.6 Å². The lowest BCUT2D eigenvalue weighted by molar-refractivity contribution is 0.102. The highest BCUT2D eigenvalue weighted by Crippen LogP contribution is 2.25. The number of nitrogens with one attached hydrogen (secondary N) is 1. The highest BCUT2D eigenvalue weighted by atomic mass is 32.1. The zero-order valence-corrected chi connectivity index (χ0v) is 18.4. The van der Waals surface area contributed by atoms with E-state index in [4.69, 9.17) is 0 Å². The first-order valence-electron chi connectivity index (χ1n) is 9.40. The van der Waals surface area contributed by atoms with E-state index in [0.717, 1.165) is 16.2 Å². The number of carbonyl (C=O) groups excluding carboxylic acids is 1. The summed E-state index contributed by atoms with van der Waals surface area (Å²) in [5, 5.41) is 7.46. The lowest BCUT2D eigenvalue weighted by Crippen LogP contribution is -2.15. The number of carbonyl (C=O) groups is 1. The molecule has 3 aromatic heterocycles. The van der Waals surface area contributed by atoms with Crippen LogP contribution in [0, 0.1) is 13.8 Å². The van der Waals surface area contributed by atoms with Crippen LogP contribution in [0.25, 0.3) is 17.1 Å². The van der Waals surface area contributed by atoms with Crippen LogP contribution in [0.15, 0.2) is 35.2 Å². The zero-order chi connectivity index (χ0) is 20.5. The molecule has 0 saturated heterocycles. The van der Waals surface area contributed by atoms with Crippen LogP contribution >= 0.6 is 22.7 Å². The molecule has 0 radical (unpaired) electrons. The van der Waals surface area contributed by atoms with Crippen molar-refractivity contribution in [2.75, 3.05) is 5.32 Å². The fourth-order valence-electron chi connectivity index (χ4n) is 3.03. The predicted octanol–water partition coefficient (Wildman–Crippen LogP) is 6.02. The number of aryl methyl sites for hydroxylation is 1. The normalized spacial score (nSPS) is 11.8. The van der Waals surface area contributed by atoms with Gasteiger partial charge in [-0.25, -0.2) is 9.97 Å². The number of benzene rings is 1.